The topological polar surface area (TPSA) is 58.1 Å². The summed E-state index contributed by atoms with van der Waals surface area (Å²) in [6.45, 7) is 3.57. The summed E-state index contributed by atoms with van der Waals surface area (Å²) in [7, 11) is 0. The maximum absolute atomic E-state index is 13.3. The predicted molar refractivity (Wildman–Crippen MR) is 112 cm³/mol. The molecule has 0 radical (unpaired) electrons. The van der Waals surface area contributed by atoms with Gasteiger partial charge in [0.05, 0.1) is 16.3 Å². The third-order valence-corrected chi connectivity index (χ3v) is 6.46. The van der Waals surface area contributed by atoms with Gasteiger partial charge in [0.25, 0.3) is 0 Å². The summed E-state index contributed by atoms with van der Waals surface area (Å²) in [5.74, 6) is 0.130. The molecule has 4 rings (SSSR count). The van der Waals surface area contributed by atoms with Gasteiger partial charge in [-0.1, -0.05) is 18.5 Å². The van der Waals surface area contributed by atoms with Crippen LogP contribution in [0.5, 0.6) is 0 Å². The number of benzene rings is 1. The van der Waals surface area contributed by atoms with E-state index >= 15 is 0 Å². The molecule has 0 saturated carbocycles. The Bertz CT molecular complexity index is 1020. The molecule has 146 valence electrons. The standard InChI is InChI=1S/C20H20ClFN4OS/c1-2-14-9-15-18(23-11-24-20(15)28-14)26-7-3-4-12(10-26)19(27)25-13-5-6-17(22)16(21)8-13/h5-6,8-9,11-12H,2-4,7,10H2,1H3,(H,25,27)/t12-/m1/s1. The van der Waals surface area contributed by atoms with Crippen LogP contribution in [0.4, 0.5) is 15.9 Å². The van der Waals surface area contributed by atoms with E-state index in [9.17, 15) is 9.18 Å². The first kappa shape index (κ1) is 19.1. The Labute approximate surface area is 171 Å². The number of piperidine rings is 1. The summed E-state index contributed by atoms with van der Waals surface area (Å²) in [5.41, 5.74) is 0.503. The number of carbonyl (C=O) groups excluding carboxylic acids is 1. The third kappa shape index (κ3) is 3.82. The van der Waals surface area contributed by atoms with Gasteiger partial charge in [-0.2, -0.15) is 0 Å². The van der Waals surface area contributed by atoms with Crippen LogP contribution in [0.1, 0.15) is 24.6 Å². The van der Waals surface area contributed by atoms with Gasteiger partial charge in [0.15, 0.2) is 0 Å². The molecule has 0 spiro atoms. The normalized spacial score (nSPS) is 17.1. The molecule has 1 aliphatic heterocycles. The highest BCUT2D eigenvalue weighted by molar-refractivity contribution is 7.18. The Hall–Kier alpha value is -2.25. The summed E-state index contributed by atoms with van der Waals surface area (Å²) < 4.78 is 13.3. The van der Waals surface area contributed by atoms with E-state index in [1.165, 1.54) is 23.1 Å². The van der Waals surface area contributed by atoms with Crippen molar-refractivity contribution >= 4 is 50.6 Å². The molecule has 0 aliphatic carbocycles. The van der Waals surface area contributed by atoms with Crippen molar-refractivity contribution in [3.8, 4) is 0 Å². The van der Waals surface area contributed by atoms with Crippen LogP contribution >= 0.6 is 22.9 Å². The van der Waals surface area contributed by atoms with E-state index in [1.54, 1.807) is 17.7 Å². The smallest absolute Gasteiger partial charge is 0.229 e. The Morgan fingerprint density at radius 1 is 1.39 bits per heavy atom. The number of carbonyl (C=O) groups is 1. The fourth-order valence-electron chi connectivity index (χ4n) is 3.52. The van der Waals surface area contributed by atoms with Crippen LogP contribution in [0.25, 0.3) is 10.2 Å². The van der Waals surface area contributed by atoms with Gasteiger partial charge in [-0.05, 0) is 43.5 Å². The Morgan fingerprint density at radius 2 is 2.25 bits per heavy atom. The van der Waals surface area contributed by atoms with Crippen molar-refractivity contribution in [2.75, 3.05) is 23.3 Å². The van der Waals surface area contributed by atoms with Gasteiger partial charge < -0.3 is 10.2 Å². The number of nitrogens with zero attached hydrogens (tertiary/aromatic N) is 3. The summed E-state index contributed by atoms with van der Waals surface area (Å²) in [4.78, 5) is 26.1. The molecule has 1 saturated heterocycles. The first-order chi connectivity index (χ1) is 13.5. The minimum absolute atomic E-state index is 0.00404. The van der Waals surface area contributed by atoms with Crippen molar-refractivity contribution in [2.24, 2.45) is 5.92 Å². The van der Waals surface area contributed by atoms with Crippen molar-refractivity contribution in [1.82, 2.24) is 9.97 Å². The fourth-order valence-corrected chi connectivity index (χ4v) is 4.63. The van der Waals surface area contributed by atoms with Gasteiger partial charge in [0.2, 0.25) is 5.91 Å². The number of nitrogens with one attached hydrogen (secondary N) is 1. The van der Waals surface area contributed by atoms with Gasteiger partial charge in [-0.15, -0.1) is 11.3 Å². The van der Waals surface area contributed by atoms with Gasteiger partial charge in [-0.3, -0.25) is 4.79 Å². The van der Waals surface area contributed by atoms with Crippen molar-refractivity contribution in [3.63, 3.8) is 0 Å². The molecule has 8 heteroatoms. The van der Waals surface area contributed by atoms with E-state index in [4.69, 9.17) is 11.6 Å². The molecule has 0 unspecified atom stereocenters. The summed E-state index contributed by atoms with van der Waals surface area (Å²) in [6, 6.07) is 6.36. The van der Waals surface area contributed by atoms with Gasteiger partial charge in [0.1, 0.15) is 22.8 Å². The van der Waals surface area contributed by atoms with Gasteiger partial charge in [0, 0.05) is 23.7 Å². The SMILES string of the molecule is CCc1cc2c(N3CCC[C@@H](C(=O)Nc4ccc(F)c(Cl)c4)C3)ncnc2s1. The number of aryl methyl sites for hydroxylation is 1. The van der Waals surface area contributed by atoms with Gasteiger partial charge in [-0.25, -0.2) is 14.4 Å². The van der Waals surface area contributed by atoms with Crippen LogP contribution in [0.2, 0.25) is 5.02 Å². The number of amides is 1. The zero-order chi connectivity index (χ0) is 19.7. The molecule has 5 nitrogen and oxygen atoms in total. The number of anilines is 2. The maximum Gasteiger partial charge on any atom is 0.229 e. The molecule has 1 amide bonds. The third-order valence-electron chi connectivity index (χ3n) is 4.99. The number of rotatable bonds is 4. The number of hydrogen-bond donors (Lipinski definition) is 1. The summed E-state index contributed by atoms with van der Waals surface area (Å²) in [6.07, 6.45) is 4.26. The Kier molecular flexibility index (Phi) is 5.46. The number of thiophene rings is 1. The van der Waals surface area contributed by atoms with E-state index < -0.39 is 5.82 Å². The molecule has 1 N–H and O–H groups in total. The second kappa shape index (κ2) is 8.01. The zero-order valence-electron chi connectivity index (χ0n) is 15.4. The van der Waals surface area contributed by atoms with E-state index in [-0.39, 0.29) is 16.8 Å². The predicted octanol–water partition coefficient (Wildman–Crippen LogP) is 4.90. The van der Waals surface area contributed by atoms with Crippen LogP contribution in [0, 0.1) is 11.7 Å². The van der Waals surface area contributed by atoms with Crippen LogP contribution in [-0.4, -0.2) is 29.0 Å². The molecular weight excluding hydrogens is 399 g/mol. The molecule has 3 heterocycles. The highest BCUT2D eigenvalue weighted by atomic mass is 35.5. The monoisotopic (exact) mass is 418 g/mol. The second-order valence-corrected chi connectivity index (χ2v) is 8.41. The lowest BCUT2D eigenvalue weighted by Crippen LogP contribution is -2.41. The Morgan fingerprint density at radius 3 is 3.04 bits per heavy atom. The van der Waals surface area contributed by atoms with Crippen molar-refractivity contribution < 1.29 is 9.18 Å². The molecule has 0 bridgehead atoms. The van der Waals surface area contributed by atoms with E-state index in [0.717, 1.165) is 41.8 Å². The van der Waals surface area contributed by atoms with Crippen molar-refractivity contribution in [3.05, 3.63) is 46.3 Å². The lowest BCUT2D eigenvalue weighted by atomic mass is 9.97. The quantitative estimate of drug-likeness (QED) is 0.654. The number of aromatic nitrogens is 2. The van der Waals surface area contributed by atoms with Gasteiger partial charge >= 0.3 is 0 Å². The molecular formula is C20H20ClFN4OS. The van der Waals surface area contributed by atoms with E-state index in [2.05, 4.69) is 33.2 Å². The van der Waals surface area contributed by atoms with E-state index in [1.807, 2.05) is 0 Å². The maximum atomic E-state index is 13.3. The minimum Gasteiger partial charge on any atom is -0.355 e. The molecule has 1 fully saturated rings. The summed E-state index contributed by atoms with van der Waals surface area (Å²) >= 11 is 7.49. The Balaban J connectivity index is 1.52. The lowest BCUT2D eigenvalue weighted by molar-refractivity contribution is -0.120. The second-order valence-electron chi connectivity index (χ2n) is 6.89. The highest BCUT2D eigenvalue weighted by Gasteiger charge is 2.28. The zero-order valence-corrected chi connectivity index (χ0v) is 17.0. The van der Waals surface area contributed by atoms with E-state index in [0.29, 0.717) is 12.2 Å². The molecule has 1 aliphatic rings. The molecule has 3 aromatic rings. The first-order valence-electron chi connectivity index (χ1n) is 9.29. The fraction of sp³-hybridized carbons (Fsp3) is 0.350. The first-order valence-corrected chi connectivity index (χ1v) is 10.5. The van der Waals surface area contributed by atoms with Crippen molar-refractivity contribution in [2.45, 2.75) is 26.2 Å². The average Bonchev–Trinajstić information content (AvgIpc) is 3.14. The molecule has 2 aromatic heterocycles. The summed E-state index contributed by atoms with van der Waals surface area (Å²) in [5, 5.41) is 3.90. The molecule has 28 heavy (non-hydrogen) atoms. The largest absolute Gasteiger partial charge is 0.355 e. The highest BCUT2D eigenvalue weighted by Crippen LogP contribution is 2.33. The minimum atomic E-state index is -0.501. The number of hydrogen-bond acceptors (Lipinski definition) is 5. The molecule has 1 atom stereocenters. The van der Waals surface area contributed by atoms with Crippen LogP contribution in [-0.2, 0) is 11.2 Å². The lowest BCUT2D eigenvalue weighted by Gasteiger charge is -2.33. The van der Waals surface area contributed by atoms with Crippen molar-refractivity contribution in [1.29, 1.82) is 0 Å². The van der Waals surface area contributed by atoms with Crippen LogP contribution < -0.4 is 10.2 Å². The molecule has 1 aromatic carbocycles. The van der Waals surface area contributed by atoms with Crippen LogP contribution in [0.15, 0.2) is 30.6 Å². The number of fused-ring (bicyclic) bond motifs is 1. The van der Waals surface area contributed by atoms with Crippen LogP contribution in [0.3, 0.4) is 0 Å². The number of halogens is 2. The average molecular weight is 419 g/mol.